The van der Waals surface area contributed by atoms with Gasteiger partial charge >= 0.3 is 0 Å². The van der Waals surface area contributed by atoms with Gasteiger partial charge in [-0.25, -0.2) is 0 Å². The molecule has 0 spiro atoms. The van der Waals surface area contributed by atoms with E-state index < -0.39 is 0 Å². The second-order valence-electron chi connectivity index (χ2n) is 14.7. The minimum absolute atomic E-state index is 0.0462. The third-order valence-corrected chi connectivity index (χ3v) is 12.7. The minimum Gasteiger partial charge on any atom is -0.393 e. The molecule has 1 aliphatic heterocycles. The maximum Gasteiger partial charge on any atom is 0.0594 e. The van der Waals surface area contributed by atoms with Crippen molar-refractivity contribution >= 4 is 0 Å². The summed E-state index contributed by atoms with van der Waals surface area (Å²) in [6.07, 6.45) is 12.9. The predicted octanol–water partition coefficient (Wildman–Crippen LogP) is 7.26. The third kappa shape index (κ3) is 3.03. The highest BCUT2D eigenvalue weighted by Gasteiger charge is 2.63. The van der Waals surface area contributed by atoms with E-state index >= 15 is 0 Å². The Labute approximate surface area is 198 Å². The number of aliphatic hydroxyl groups is 1. The summed E-state index contributed by atoms with van der Waals surface area (Å²) in [5, 5.41) is 14.5. The zero-order valence-electron chi connectivity index (χ0n) is 22.4. The normalized spacial score (nSPS) is 49.8. The average molecular weight is 442 g/mol. The van der Waals surface area contributed by atoms with Crippen LogP contribution in [0, 0.1) is 39.4 Å². The lowest BCUT2D eigenvalue weighted by molar-refractivity contribution is -0.0962. The molecule has 0 aromatic heterocycles. The first-order chi connectivity index (χ1) is 14.8. The summed E-state index contributed by atoms with van der Waals surface area (Å²) in [7, 11) is 0. The first-order valence-electron chi connectivity index (χ1n) is 14.0. The molecule has 1 saturated heterocycles. The molecule has 0 aromatic rings. The van der Waals surface area contributed by atoms with E-state index in [0.29, 0.717) is 27.7 Å². The van der Waals surface area contributed by atoms with Crippen LogP contribution in [0.1, 0.15) is 120 Å². The molecular weight excluding hydrogens is 390 g/mol. The van der Waals surface area contributed by atoms with Gasteiger partial charge in [0.2, 0.25) is 0 Å². The van der Waals surface area contributed by atoms with Gasteiger partial charge in [0, 0.05) is 11.6 Å². The maximum atomic E-state index is 10.8. The average Bonchev–Trinajstić information content (AvgIpc) is 3.22. The number of fused-ring (bicyclic) bond motifs is 4. The van der Waals surface area contributed by atoms with E-state index in [0.717, 1.165) is 24.3 Å². The molecular formula is C30H51NO. The van der Waals surface area contributed by atoms with E-state index in [1.54, 1.807) is 0 Å². The van der Waals surface area contributed by atoms with Gasteiger partial charge in [-0.05, 0) is 117 Å². The Morgan fingerprint density at radius 1 is 0.906 bits per heavy atom. The quantitative estimate of drug-likeness (QED) is 0.356. The van der Waals surface area contributed by atoms with Crippen LogP contribution in [0.3, 0.4) is 0 Å². The van der Waals surface area contributed by atoms with Crippen LogP contribution >= 0.6 is 0 Å². The molecule has 2 nitrogen and oxygen atoms in total. The molecule has 2 saturated carbocycles. The van der Waals surface area contributed by atoms with Crippen LogP contribution < -0.4 is 5.32 Å². The number of nitrogens with one attached hydrogen (secondary N) is 1. The van der Waals surface area contributed by atoms with Crippen LogP contribution in [-0.2, 0) is 0 Å². The Balaban J connectivity index is 1.41. The highest BCUT2D eigenvalue weighted by atomic mass is 16.3. The van der Waals surface area contributed by atoms with Gasteiger partial charge in [-0.2, -0.15) is 0 Å². The van der Waals surface area contributed by atoms with Crippen molar-refractivity contribution in [3.8, 4) is 0 Å². The summed E-state index contributed by atoms with van der Waals surface area (Å²) >= 11 is 0. The van der Waals surface area contributed by atoms with E-state index in [1.165, 1.54) is 57.8 Å². The lowest BCUT2D eigenvalue weighted by Gasteiger charge is -2.62. The summed E-state index contributed by atoms with van der Waals surface area (Å²) < 4.78 is 0. The number of allylic oxidation sites excluding steroid dienone is 2. The number of hydrogen-bond donors (Lipinski definition) is 2. The molecule has 0 unspecified atom stereocenters. The Bertz CT molecular complexity index is 810. The van der Waals surface area contributed by atoms with E-state index in [1.807, 2.05) is 11.1 Å². The highest BCUT2D eigenvalue weighted by Crippen LogP contribution is 2.72. The SMILES string of the molecule is C[C@H](CC[C@H]1NC1(C)C)[C@H]1CC[C@@]2(C)C3=C(CC[C@]12C)[C@@]1(C)CC[C@H](O)C(C)(C)[C@@H]1CC3. The number of aliphatic hydroxyl groups excluding tert-OH is 1. The molecule has 8 atom stereocenters. The van der Waals surface area contributed by atoms with Gasteiger partial charge in [-0.1, -0.05) is 52.7 Å². The van der Waals surface area contributed by atoms with Crippen LogP contribution in [0.15, 0.2) is 11.1 Å². The van der Waals surface area contributed by atoms with Gasteiger partial charge in [0.25, 0.3) is 0 Å². The lowest BCUT2D eigenvalue weighted by Crippen LogP contribution is -2.55. The monoisotopic (exact) mass is 441 g/mol. The van der Waals surface area contributed by atoms with Gasteiger partial charge in [0.1, 0.15) is 0 Å². The van der Waals surface area contributed by atoms with Crippen molar-refractivity contribution in [2.45, 2.75) is 137 Å². The van der Waals surface area contributed by atoms with Crippen LogP contribution in [0.25, 0.3) is 0 Å². The van der Waals surface area contributed by atoms with E-state index in [-0.39, 0.29) is 11.5 Å². The first-order valence-corrected chi connectivity index (χ1v) is 14.0. The van der Waals surface area contributed by atoms with Gasteiger partial charge in [-0.15, -0.1) is 0 Å². The number of hydrogen-bond acceptors (Lipinski definition) is 2. The molecule has 2 heteroatoms. The van der Waals surface area contributed by atoms with Crippen LogP contribution in [0.5, 0.6) is 0 Å². The zero-order chi connectivity index (χ0) is 23.3. The lowest BCUT2D eigenvalue weighted by atomic mass is 9.43. The van der Waals surface area contributed by atoms with E-state index in [2.05, 4.69) is 60.7 Å². The Hall–Kier alpha value is -0.340. The van der Waals surface area contributed by atoms with E-state index in [9.17, 15) is 5.11 Å². The Morgan fingerprint density at radius 2 is 1.59 bits per heavy atom. The molecule has 0 amide bonds. The summed E-state index contributed by atoms with van der Waals surface area (Å²) in [4.78, 5) is 0. The smallest absolute Gasteiger partial charge is 0.0594 e. The Kier molecular flexibility index (Phi) is 5.19. The fourth-order valence-electron chi connectivity index (χ4n) is 10.1. The summed E-state index contributed by atoms with van der Waals surface area (Å²) in [5.41, 5.74) is 5.34. The van der Waals surface area contributed by atoms with Crippen LogP contribution in [0.4, 0.5) is 0 Å². The molecule has 0 bridgehead atoms. The van der Waals surface area contributed by atoms with Gasteiger partial charge in [0.05, 0.1) is 6.10 Å². The molecule has 0 radical (unpaired) electrons. The van der Waals surface area contributed by atoms with Crippen LogP contribution in [0.2, 0.25) is 0 Å². The fraction of sp³-hybridized carbons (Fsp3) is 0.933. The summed E-state index contributed by atoms with van der Waals surface area (Å²) in [5.74, 6) is 2.34. The molecule has 2 N–H and O–H groups in total. The van der Waals surface area contributed by atoms with Crippen molar-refractivity contribution in [1.82, 2.24) is 5.32 Å². The molecule has 4 aliphatic carbocycles. The molecule has 182 valence electrons. The Morgan fingerprint density at radius 3 is 2.25 bits per heavy atom. The van der Waals surface area contributed by atoms with Crippen molar-refractivity contribution in [2.24, 2.45) is 39.4 Å². The zero-order valence-corrected chi connectivity index (χ0v) is 22.4. The fourth-order valence-corrected chi connectivity index (χ4v) is 10.1. The van der Waals surface area contributed by atoms with Gasteiger partial charge < -0.3 is 10.4 Å². The van der Waals surface area contributed by atoms with Crippen molar-refractivity contribution in [1.29, 1.82) is 0 Å². The summed E-state index contributed by atoms with van der Waals surface area (Å²) in [6.45, 7) is 19.9. The third-order valence-electron chi connectivity index (χ3n) is 12.7. The molecule has 3 fully saturated rings. The van der Waals surface area contributed by atoms with Crippen LogP contribution in [-0.4, -0.2) is 22.8 Å². The standard InChI is InChI=1S/C30H51NO/c1-19(9-12-24-27(4,5)31-24)20-13-17-30(8)22-10-11-23-26(2,3)25(32)15-16-28(23,6)21(22)14-18-29(20,30)7/h19-20,23-25,31-32H,9-18H2,1-8H3/t19-,20-,23+,24-,25+,28-,29-,30+/m1/s1. The highest BCUT2D eigenvalue weighted by molar-refractivity contribution is 5.38. The second kappa shape index (κ2) is 7.09. The molecule has 1 heterocycles. The van der Waals surface area contributed by atoms with Gasteiger partial charge in [-0.3, -0.25) is 0 Å². The van der Waals surface area contributed by atoms with E-state index in [4.69, 9.17) is 0 Å². The maximum absolute atomic E-state index is 10.8. The van der Waals surface area contributed by atoms with Crippen molar-refractivity contribution in [2.75, 3.05) is 0 Å². The predicted molar refractivity (Wildman–Crippen MR) is 134 cm³/mol. The molecule has 5 aliphatic rings. The first kappa shape index (κ1) is 23.4. The molecule has 5 rings (SSSR count). The summed E-state index contributed by atoms with van der Waals surface area (Å²) in [6, 6.07) is 0.742. The minimum atomic E-state index is -0.130. The van der Waals surface area contributed by atoms with Crippen molar-refractivity contribution < 1.29 is 5.11 Å². The van der Waals surface area contributed by atoms with Gasteiger partial charge in [0.15, 0.2) is 0 Å². The van der Waals surface area contributed by atoms with Crippen molar-refractivity contribution in [3.05, 3.63) is 11.1 Å². The topological polar surface area (TPSA) is 42.2 Å². The number of rotatable bonds is 4. The molecule has 32 heavy (non-hydrogen) atoms. The second-order valence-corrected chi connectivity index (χ2v) is 14.7. The van der Waals surface area contributed by atoms with Crippen molar-refractivity contribution in [3.63, 3.8) is 0 Å². The largest absolute Gasteiger partial charge is 0.393 e. The molecule has 0 aromatic carbocycles.